The van der Waals surface area contributed by atoms with E-state index in [1.807, 2.05) is 35.7 Å². The molecule has 1 aromatic carbocycles. The lowest BCUT2D eigenvalue weighted by atomic mass is 10.2. The molecule has 0 aliphatic heterocycles. The summed E-state index contributed by atoms with van der Waals surface area (Å²) >= 11 is 1.60. The van der Waals surface area contributed by atoms with Crippen LogP contribution in [-0.4, -0.2) is 20.9 Å². The van der Waals surface area contributed by atoms with Crippen LogP contribution >= 0.6 is 11.3 Å². The predicted octanol–water partition coefficient (Wildman–Crippen LogP) is 2.66. The third-order valence-electron chi connectivity index (χ3n) is 3.00. The number of hydrogen-bond donors (Lipinski definition) is 1. The molecular formula is C16H20N2O2S2. The van der Waals surface area contributed by atoms with E-state index >= 15 is 0 Å². The van der Waals surface area contributed by atoms with Gasteiger partial charge >= 0.3 is 0 Å². The summed E-state index contributed by atoms with van der Waals surface area (Å²) in [6, 6.07) is 9.68. The predicted molar refractivity (Wildman–Crippen MR) is 91.1 cm³/mol. The van der Waals surface area contributed by atoms with Gasteiger partial charge in [-0.2, -0.15) is 0 Å². The smallest absolute Gasteiger partial charge is 0.232 e. The molecule has 22 heavy (non-hydrogen) atoms. The van der Waals surface area contributed by atoms with Gasteiger partial charge in [0.2, 0.25) is 5.91 Å². The summed E-state index contributed by atoms with van der Waals surface area (Å²) in [7, 11) is -1.22. The monoisotopic (exact) mass is 336 g/mol. The standard InChI is InChI=1S/C16H20N2O2S2/c1-2-6-16-18-14(10-21-16)11-22(20)12-15(19)17-9-13-7-4-3-5-8-13/h3-5,7-8,10H,2,6,9,11-12H2,1H3,(H,17,19). The van der Waals surface area contributed by atoms with Gasteiger partial charge in [-0.05, 0) is 18.4 Å². The molecule has 0 spiro atoms. The highest BCUT2D eigenvalue weighted by atomic mass is 32.2. The van der Waals surface area contributed by atoms with E-state index in [0.29, 0.717) is 12.3 Å². The summed E-state index contributed by atoms with van der Waals surface area (Å²) < 4.78 is 12.0. The number of carbonyl (C=O) groups excluding carboxylic acids is 1. The number of benzene rings is 1. The minimum absolute atomic E-state index is 0.0213. The fourth-order valence-electron chi connectivity index (χ4n) is 1.95. The van der Waals surface area contributed by atoms with Crippen LogP contribution in [0.25, 0.3) is 0 Å². The van der Waals surface area contributed by atoms with Crippen LogP contribution in [0.5, 0.6) is 0 Å². The van der Waals surface area contributed by atoms with Crippen molar-refractivity contribution >= 4 is 28.0 Å². The minimum atomic E-state index is -1.22. The number of carbonyl (C=O) groups is 1. The molecular weight excluding hydrogens is 316 g/mol. The van der Waals surface area contributed by atoms with E-state index in [0.717, 1.165) is 29.1 Å². The highest BCUT2D eigenvalue weighted by Crippen LogP contribution is 2.13. The van der Waals surface area contributed by atoms with Gasteiger partial charge in [-0.3, -0.25) is 9.00 Å². The van der Waals surface area contributed by atoms with Crippen molar-refractivity contribution in [1.82, 2.24) is 10.3 Å². The number of aromatic nitrogens is 1. The van der Waals surface area contributed by atoms with E-state index in [4.69, 9.17) is 0 Å². The maximum absolute atomic E-state index is 12.0. The van der Waals surface area contributed by atoms with Crippen LogP contribution in [0.15, 0.2) is 35.7 Å². The maximum Gasteiger partial charge on any atom is 0.232 e. The van der Waals surface area contributed by atoms with Crippen LogP contribution in [0.1, 0.15) is 29.6 Å². The molecule has 1 heterocycles. The summed E-state index contributed by atoms with van der Waals surface area (Å²) in [5, 5.41) is 5.80. The number of nitrogens with zero attached hydrogens (tertiary/aromatic N) is 1. The second-order valence-electron chi connectivity index (χ2n) is 4.97. The average molecular weight is 336 g/mol. The summed E-state index contributed by atoms with van der Waals surface area (Å²) in [5.74, 6) is 0.179. The Morgan fingerprint density at radius 2 is 2.09 bits per heavy atom. The van der Waals surface area contributed by atoms with Gasteiger partial charge in [-0.15, -0.1) is 11.3 Å². The first-order valence-electron chi connectivity index (χ1n) is 7.26. The van der Waals surface area contributed by atoms with Gasteiger partial charge in [0.1, 0.15) is 5.75 Å². The SMILES string of the molecule is CCCc1nc(CS(=O)CC(=O)NCc2ccccc2)cs1. The Morgan fingerprint density at radius 1 is 1.32 bits per heavy atom. The first-order valence-corrected chi connectivity index (χ1v) is 9.63. The molecule has 2 aromatic rings. The van der Waals surface area contributed by atoms with Gasteiger partial charge in [-0.1, -0.05) is 37.3 Å². The number of nitrogens with one attached hydrogen (secondary N) is 1. The van der Waals surface area contributed by atoms with E-state index < -0.39 is 10.8 Å². The Kier molecular flexibility index (Phi) is 6.74. The molecule has 118 valence electrons. The molecule has 1 atom stereocenters. The van der Waals surface area contributed by atoms with Gasteiger partial charge in [0, 0.05) is 22.7 Å². The minimum Gasteiger partial charge on any atom is -0.351 e. The quantitative estimate of drug-likeness (QED) is 0.806. The highest BCUT2D eigenvalue weighted by molar-refractivity contribution is 7.84. The lowest BCUT2D eigenvalue weighted by molar-refractivity contribution is -0.118. The van der Waals surface area contributed by atoms with Gasteiger partial charge in [-0.25, -0.2) is 4.98 Å². The van der Waals surface area contributed by atoms with Crippen LogP contribution in [-0.2, 0) is 34.3 Å². The Balaban J connectivity index is 1.75. The van der Waals surface area contributed by atoms with Gasteiger partial charge in [0.25, 0.3) is 0 Å². The lowest BCUT2D eigenvalue weighted by Gasteiger charge is -2.05. The summed E-state index contributed by atoms with van der Waals surface area (Å²) in [5.41, 5.74) is 1.85. The van der Waals surface area contributed by atoms with E-state index in [9.17, 15) is 9.00 Å². The van der Waals surface area contributed by atoms with Crippen molar-refractivity contribution in [3.05, 3.63) is 52.0 Å². The number of rotatable bonds is 8. The third-order valence-corrected chi connectivity index (χ3v) is 5.16. The van der Waals surface area contributed by atoms with Crippen molar-refractivity contribution in [3.63, 3.8) is 0 Å². The fraction of sp³-hybridized carbons (Fsp3) is 0.375. The van der Waals surface area contributed by atoms with Crippen LogP contribution in [0.3, 0.4) is 0 Å². The van der Waals surface area contributed by atoms with Crippen molar-refractivity contribution in [3.8, 4) is 0 Å². The molecule has 6 heteroatoms. The van der Waals surface area contributed by atoms with Crippen LogP contribution < -0.4 is 5.32 Å². The van der Waals surface area contributed by atoms with E-state index in [1.54, 1.807) is 11.3 Å². The van der Waals surface area contributed by atoms with E-state index in [-0.39, 0.29) is 11.7 Å². The molecule has 1 N–H and O–H groups in total. The number of thiazole rings is 1. The Labute approximate surface area is 137 Å². The second kappa shape index (κ2) is 8.80. The van der Waals surface area contributed by atoms with E-state index in [2.05, 4.69) is 17.2 Å². The Hall–Kier alpha value is -1.53. The molecule has 0 aliphatic carbocycles. The first-order chi connectivity index (χ1) is 10.7. The second-order valence-corrected chi connectivity index (χ2v) is 7.37. The maximum atomic E-state index is 12.0. The molecule has 0 bridgehead atoms. The number of hydrogen-bond acceptors (Lipinski definition) is 4. The Morgan fingerprint density at radius 3 is 2.82 bits per heavy atom. The molecule has 0 saturated carbocycles. The molecule has 4 nitrogen and oxygen atoms in total. The normalized spacial score (nSPS) is 12.0. The van der Waals surface area contributed by atoms with Gasteiger partial charge in [0.05, 0.1) is 16.5 Å². The van der Waals surface area contributed by atoms with Gasteiger partial charge in [0.15, 0.2) is 0 Å². The summed E-state index contributed by atoms with van der Waals surface area (Å²) in [6.45, 7) is 2.57. The topological polar surface area (TPSA) is 59.1 Å². The molecule has 1 amide bonds. The molecule has 0 saturated heterocycles. The van der Waals surface area contributed by atoms with Crippen molar-refractivity contribution in [1.29, 1.82) is 0 Å². The third kappa shape index (κ3) is 5.69. The largest absolute Gasteiger partial charge is 0.351 e. The number of amides is 1. The van der Waals surface area contributed by atoms with Crippen molar-refractivity contribution in [2.45, 2.75) is 32.1 Å². The zero-order chi connectivity index (χ0) is 15.8. The average Bonchev–Trinajstić information content (AvgIpc) is 2.93. The zero-order valence-electron chi connectivity index (χ0n) is 12.6. The molecule has 1 aromatic heterocycles. The molecule has 0 aliphatic rings. The highest BCUT2D eigenvalue weighted by Gasteiger charge is 2.11. The lowest BCUT2D eigenvalue weighted by Crippen LogP contribution is -2.28. The Bertz CT molecular complexity index is 626. The van der Waals surface area contributed by atoms with Crippen LogP contribution in [0, 0.1) is 0 Å². The number of aryl methyl sites for hydroxylation is 1. The first kappa shape index (κ1) is 16.8. The van der Waals surface area contributed by atoms with Crippen molar-refractivity contribution in [2.75, 3.05) is 5.75 Å². The van der Waals surface area contributed by atoms with E-state index in [1.165, 1.54) is 0 Å². The fourth-order valence-corrected chi connectivity index (χ4v) is 3.93. The van der Waals surface area contributed by atoms with Crippen LogP contribution in [0.4, 0.5) is 0 Å². The zero-order valence-corrected chi connectivity index (χ0v) is 14.2. The molecule has 2 rings (SSSR count). The van der Waals surface area contributed by atoms with Crippen LogP contribution in [0.2, 0.25) is 0 Å². The van der Waals surface area contributed by atoms with Gasteiger partial charge < -0.3 is 5.32 Å². The molecule has 0 fully saturated rings. The summed E-state index contributed by atoms with van der Waals surface area (Å²) in [6.07, 6.45) is 2.01. The van der Waals surface area contributed by atoms with Crippen molar-refractivity contribution < 1.29 is 9.00 Å². The molecule has 0 radical (unpaired) electrons. The molecule has 1 unspecified atom stereocenters. The van der Waals surface area contributed by atoms with Crippen molar-refractivity contribution in [2.24, 2.45) is 0 Å². The summed E-state index contributed by atoms with van der Waals surface area (Å²) in [4.78, 5) is 16.2.